The van der Waals surface area contributed by atoms with Crippen LogP contribution < -0.4 is 0 Å². The van der Waals surface area contributed by atoms with Crippen LogP contribution >= 0.6 is 0 Å². The van der Waals surface area contributed by atoms with Crippen molar-refractivity contribution in [3.63, 3.8) is 0 Å². The smallest absolute Gasteiger partial charge is 0.111 e. The molecular weight excluding hydrogens is 218 g/mol. The molecule has 0 aromatic carbocycles. The van der Waals surface area contributed by atoms with Crippen molar-refractivity contribution in [1.82, 2.24) is 15.0 Å². The van der Waals surface area contributed by atoms with Crippen LogP contribution in [0.25, 0.3) is 0 Å². The Morgan fingerprint density at radius 3 is 2.88 bits per heavy atom. The molecule has 0 amide bonds. The molecule has 0 saturated heterocycles. The Labute approximate surface area is 102 Å². The summed E-state index contributed by atoms with van der Waals surface area (Å²) in [6.07, 6.45) is 5.71. The molecule has 17 heavy (non-hydrogen) atoms. The van der Waals surface area contributed by atoms with Gasteiger partial charge in [-0.05, 0) is 38.0 Å². The maximum Gasteiger partial charge on any atom is 0.111 e. The van der Waals surface area contributed by atoms with Crippen molar-refractivity contribution in [2.24, 2.45) is 5.92 Å². The largest absolute Gasteiger partial charge is 0.390 e. The summed E-state index contributed by atoms with van der Waals surface area (Å²) in [4.78, 5) is 0. The van der Waals surface area contributed by atoms with E-state index in [0.717, 1.165) is 49.7 Å². The number of unbranched alkanes of at least 4 members (excludes halogenated alkanes) is 1. The summed E-state index contributed by atoms with van der Waals surface area (Å²) in [5, 5.41) is 17.4. The molecule has 1 heterocycles. The van der Waals surface area contributed by atoms with Gasteiger partial charge in [0.05, 0.1) is 12.3 Å². The first kappa shape index (κ1) is 12.5. The average molecular weight is 239 g/mol. The van der Waals surface area contributed by atoms with E-state index < -0.39 is 0 Å². The third-order valence-corrected chi connectivity index (χ3v) is 3.22. The number of aliphatic hydroxyl groups excluding tert-OH is 1. The minimum atomic E-state index is 0.000123. The van der Waals surface area contributed by atoms with Gasteiger partial charge in [-0.1, -0.05) is 5.21 Å². The van der Waals surface area contributed by atoms with Crippen LogP contribution in [0.2, 0.25) is 0 Å². The van der Waals surface area contributed by atoms with Crippen molar-refractivity contribution < 1.29 is 9.84 Å². The summed E-state index contributed by atoms with van der Waals surface area (Å²) in [6.45, 7) is 1.66. The van der Waals surface area contributed by atoms with Crippen molar-refractivity contribution in [3.8, 4) is 0 Å². The Kier molecular flexibility index (Phi) is 4.50. The first-order valence-corrected chi connectivity index (χ1v) is 6.36. The minimum absolute atomic E-state index is 0.000123. The zero-order valence-electron chi connectivity index (χ0n) is 10.4. The number of aromatic nitrogens is 3. The van der Waals surface area contributed by atoms with Gasteiger partial charge in [-0.3, -0.25) is 0 Å². The first-order chi connectivity index (χ1) is 8.35. The van der Waals surface area contributed by atoms with Crippen LogP contribution in [-0.4, -0.2) is 33.8 Å². The molecule has 0 aliphatic heterocycles. The zero-order valence-corrected chi connectivity index (χ0v) is 10.4. The molecule has 0 unspecified atom stereocenters. The van der Waals surface area contributed by atoms with E-state index in [2.05, 4.69) is 10.3 Å². The zero-order chi connectivity index (χ0) is 12.1. The monoisotopic (exact) mass is 239 g/mol. The maximum absolute atomic E-state index is 9.24. The molecule has 2 rings (SSSR count). The molecule has 0 radical (unpaired) electrons. The SMILES string of the molecule is COCCCCn1nnc(CO)c1CC1CC1. The molecule has 1 fully saturated rings. The predicted octanol–water partition coefficient (Wildman–Crippen LogP) is 1.15. The van der Waals surface area contributed by atoms with E-state index in [1.807, 2.05) is 4.68 Å². The van der Waals surface area contributed by atoms with Crippen molar-refractivity contribution in [3.05, 3.63) is 11.4 Å². The molecule has 5 nitrogen and oxygen atoms in total. The van der Waals surface area contributed by atoms with E-state index in [0.29, 0.717) is 0 Å². The molecule has 0 atom stereocenters. The van der Waals surface area contributed by atoms with Crippen LogP contribution in [-0.2, 0) is 24.3 Å². The second-order valence-corrected chi connectivity index (χ2v) is 4.71. The molecule has 1 aliphatic rings. The normalized spacial score (nSPS) is 15.4. The van der Waals surface area contributed by atoms with Gasteiger partial charge < -0.3 is 9.84 Å². The van der Waals surface area contributed by atoms with Crippen molar-refractivity contribution in [2.75, 3.05) is 13.7 Å². The fraction of sp³-hybridized carbons (Fsp3) is 0.833. The second kappa shape index (κ2) is 6.12. The number of rotatable bonds is 8. The van der Waals surface area contributed by atoms with Gasteiger partial charge in [0.25, 0.3) is 0 Å². The number of nitrogens with zero attached hydrogens (tertiary/aromatic N) is 3. The lowest BCUT2D eigenvalue weighted by Crippen LogP contribution is -2.08. The summed E-state index contributed by atoms with van der Waals surface area (Å²) in [5.74, 6) is 0.788. The van der Waals surface area contributed by atoms with E-state index in [1.54, 1.807) is 7.11 Å². The van der Waals surface area contributed by atoms with Crippen molar-refractivity contribution >= 4 is 0 Å². The van der Waals surface area contributed by atoms with E-state index in [-0.39, 0.29) is 6.61 Å². The number of aryl methyl sites for hydroxylation is 1. The molecule has 1 aliphatic carbocycles. The van der Waals surface area contributed by atoms with E-state index in [1.165, 1.54) is 12.8 Å². The lowest BCUT2D eigenvalue weighted by molar-refractivity contribution is 0.190. The summed E-state index contributed by atoms with van der Waals surface area (Å²) in [6, 6.07) is 0. The molecule has 0 bridgehead atoms. The molecule has 1 N–H and O–H groups in total. The van der Waals surface area contributed by atoms with Gasteiger partial charge in [-0.2, -0.15) is 0 Å². The molecule has 0 spiro atoms. The lowest BCUT2D eigenvalue weighted by atomic mass is 10.2. The average Bonchev–Trinajstić information content (AvgIpc) is 3.07. The van der Waals surface area contributed by atoms with Crippen LogP contribution in [0.5, 0.6) is 0 Å². The number of hydrogen-bond donors (Lipinski definition) is 1. The number of hydrogen-bond acceptors (Lipinski definition) is 4. The van der Waals surface area contributed by atoms with Crippen LogP contribution in [0.3, 0.4) is 0 Å². The third kappa shape index (κ3) is 3.51. The Hall–Kier alpha value is -0.940. The minimum Gasteiger partial charge on any atom is -0.390 e. The van der Waals surface area contributed by atoms with E-state index in [4.69, 9.17) is 4.74 Å². The molecular formula is C12H21N3O2. The Morgan fingerprint density at radius 1 is 1.41 bits per heavy atom. The summed E-state index contributed by atoms with van der Waals surface area (Å²) < 4.78 is 6.98. The Morgan fingerprint density at radius 2 is 2.24 bits per heavy atom. The third-order valence-electron chi connectivity index (χ3n) is 3.22. The predicted molar refractivity (Wildman–Crippen MR) is 63.5 cm³/mol. The van der Waals surface area contributed by atoms with Crippen LogP contribution in [0.1, 0.15) is 37.1 Å². The molecule has 1 aromatic heterocycles. The van der Waals surface area contributed by atoms with Gasteiger partial charge >= 0.3 is 0 Å². The Balaban J connectivity index is 1.91. The van der Waals surface area contributed by atoms with Gasteiger partial charge in [0.15, 0.2) is 0 Å². The standard InChI is InChI=1S/C12H21N3O2/c1-17-7-3-2-6-15-12(8-10-4-5-10)11(9-16)13-14-15/h10,16H,2-9H2,1H3. The second-order valence-electron chi connectivity index (χ2n) is 4.71. The number of aliphatic hydroxyl groups is 1. The van der Waals surface area contributed by atoms with Gasteiger partial charge in [-0.15, -0.1) is 5.10 Å². The molecule has 1 saturated carbocycles. The van der Waals surface area contributed by atoms with Crippen LogP contribution in [0.4, 0.5) is 0 Å². The molecule has 5 heteroatoms. The maximum atomic E-state index is 9.24. The highest BCUT2D eigenvalue weighted by molar-refractivity contribution is 5.11. The van der Waals surface area contributed by atoms with Crippen molar-refractivity contribution in [1.29, 1.82) is 0 Å². The van der Waals surface area contributed by atoms with Gasteiger partial charge in [0.2, 0.25) is 0 Å². The fourth-order valence-electron chi connectivity index (χ4n) is 2.00. The molecule has 96 valence electrons. The Bertz CT molecular complexity index is 348. The quantitative estimate of drug-likeness (QED) is 0.691. The summed E-state index contributed by atoms with van der Waals surface area (Å²) in [7, 11) is 1.72. The topological polar surface area (TPSA) is 60.2 Å². The summed E-state index contributed by atoms with van der Waals surface area (Å²) in [5.41, 5.74) is 1.89. The van der Waals surface area contributed by atoms with E-state index >= 15 is 0 Å². The highest BCUT2D eigenvalue weighted by Crippen LogP contribution is 2.33. The fourth-order valence-corrected chi connectivity index (χ4v) is 2.00. The molecule has 1 aromatic rings. The van der Waals surface area contributed by atoms with Crippen molar-refractivity contribution in [2.45, 2.75) is 45.3 Å². The summed E-state index contributed by atoms with van der Waals surface area (Å²) >= 11 is 0. The van der Waals surface area contributed by atoms with E-state index in [9.17, 15) is 5.11 Å². The first-order valence-electron chi connectivity index (χ1n) is 6.36. The number of ether oxygens (including phenoxy) is 1. The lowest BCUT2D eigenvalue weighted by Gasteiger charge is -2.06. The van der Waals surface area contributed by atoms with Crippen LogP contribution in [0.15, 0.2) is 0 Å². The highest BCUT2D eigenvalue weighted by Gasteiger charge is 2.25. The highest BCUT2D eigenvalue weighted by atomic mass is 16.5. The van der Waals surface area contributed by atoms with Gasteiger partial charge in [-0.25, -0.2) is 4.68 Å². The van der Waals surface area contributed by atoms with Gasteiger partial charge in [0, 0.05) is 20.3 Å². The van der Waals surface area contributed by atoms with Gasteiger partial charge in [0.1, 0.15) is 5.69 Å². The van der Waals surface area contributed by atoms with Crippen LogP contribution in [0, 0.1) is 5.92 Å². The number of methoxy groups -OCH3 is 1.